The summed E-state index contributed by atoms with van der Waals surface area (Å²) in [7, 11) is -2.66. The van der Waals surface area contributed by atoms with Crippen molar-refractivity contribution >= 4 is 21.9 Å². The van der Waals surface area contributed by atoms with Crippen LogP contribution in [0.5, 0.6) is 5.75 Å². The Morgan fingerprint density at radius 3 is 3.00 bits per heavy atom. The number of rotatable bonds is 1. The Hall–Kier alpha value is -2.23. The van der Waals surface area contributed by atoms with Gasteiger partial charge in [0.15, 0.2) is 11.2 Å². The molecule has 3 rings (SSSR count). The van der Waals surface area contributed by atoms with E-state index in [1.54, 1.807) is 18.2 Å². The monoisotopic (exact) mass is 219 g/mol. The minimum absolute atomic E-state index is 0.0612. The van der Waals surface area contributed by atoms with Gasteiger partial charge in [0.05, 0.1) is 17.4 Å². The van der Waals surface area contributed by atoms with Crippen LogP contribution in [0.25, 0.3) is 21.9 Å². The van der Waals surface area contributed by atoms with Crippen LogP contribution in [-0.2, 0) is 0 Å². The molecule has 2 aromatic heterocycles. The third kappa shape index (κ3) is 1.13. The first-order valence-electron chi connectivity index (χ1n) is 6.07. The van der Waals surface area contributed by atoms with Crippen molar-refractivity contribution in [3.05, 3.63) is 40.9 Å². The van der Waals surface area contributed by atoms with Gasteiger partial charge in [0.25, 0.3) is 0 Å². The van der Waals surface area contributed by atoms with Gasteiger partial charge in [-0.2, -0.15) is 0 Å². The van der Waals surface area contributed by atoms with Gasteiger partial charge < -0.3 is 13.6 Å². The molecule has 3 aromatic rings. The van der Waals surface area contributed by atoms with Crippen LogP contribution in [-0.4, -0.2) is 7.04 Å². The average Bonchev–Trinajstić information content (AvgIpc) is 2.76. The molecular weight excluding hydrogens is 208 g/mol. The Bertz CT molecular complexity index is 813. The summed E-state index contributed by atoms with van der Waals surface area (Å²) >= 11 is 0. The predicted molar refractivity (Wildman–Crippen MR) is 58.8 cm³/mol. The lowest BCUT2D eigenvalue weighted by atomic mass is 10.1. The van der Waals surface area contributed by atoms with Crippen LogP contribution >= 0.6 is 0 Å². The standard InChI is InChI=1S/C12H8O4/c1-14-12-10-8(4-5-15-10)6-7-2-3-9(13)16-11(7)12/h2-6H,1H3/i1D3. The van der Waals surface area contributed by atoms with Gasteiger partial charge in [-0.3, -0.25) is 0 Å². The molecule has 0 bridgehead atoms. The number of furan rings is 1. The van der Waals surface area contributed by atoms with Crippen molar-refractivity contribution in [1.29, 1.82) is 0 Å². The van der Waals surface area contributed by atoms with E-state index in [1.165, 1.54) is 12.3 Å². The second kappa shape index (κ2) is 3.13. The van der Waals surface area contributed by atoms with E-state index in [1.807, 2.05) is 0 Å². The lowest BCUT2D eigenvalue weighted by molar-refractivity contribution is 0.403. The number of methoxy groups -OCH3 is 1. The van der Waals surface area contributed by atoms with Crippen LogP contribution in [0.1, 0.15) is 4.11 Å². The molecule has 0 saturated heterocycles. The van der Waals surface area contributed by atoms with Crippen molar-refractivity contribution in [2.75, 3.05) is 7.04 Å². The van der Waals surface area contributed by atoms with Crippen LogP contribution in [0.4, 0.5) is 0 Å². The van der Waals surface area contributed by atoms with Gasteiger partial charge in [-0.05, 0) is 18.2 Å². The molecule has 4 heteroatoms. The van der Waals surface area contributed by atoms with E-state index in [0.717, 1.165) is 0 Å². The Labute approximate surface area is 94.2 Å². The normalized spacial score (nSPS) is 14.6. The van der Waals surface area contributed by atoms with Crippen LogP contribution in [0, 0.1) is 0 Å². The van der Waals surface area contributed by atoms with Gasteiger partial charge in [0, 0.05) is 16.8 Å². The largest absolute Gasteiger partial charge is 0.490 e. The lowest BCUT2D eigenvalue weighted by Gasteiger charge is -2.03. The smallest absolute Gasteiger partial charge is 0.336 e. The van der Waals surface area contributed by atoms with Crippen molar-refractivity contribution < 1.29 is 17.7 Å². The molecule has 0 saturated carbocycles. The highest BCUT2D eigenvalue weighted by molar-refractivity contribution is 5.99. The zero-order valence-electron chi connectivity index (χ0n) is 11.0. The van der Waals surface area contributed by atoms with Crippen LogP contribution < -0.4 is 10.4 Å². The number of hydrogen-bond donors (Lipinski definition) is 0. The number of ether oxygens (including phenoxy) is 1. The fourth-order valence-corrected chi connectivity index (χ4v) is 1.70. The summed E-state index contributed by atoms with van der Waals surface area (Å²) < 4.78 is 36.7. The van der Waals surface area contributed by atoms with E-state index in [2.05, 4.69) is 0 Å². The van der Waals surface area contributed by atoms with Crippen molar-refractivity contribution in [2.24, 2.45) is 0 Å². The van der Waals surface area contributed by atoms with Gasteiger partial charge in [0.2, 0.25) is 5.75 Å². The second-order valence-electron chi connectivity index (χ2n) is 3.32. The molecule has 0 N–H and O–H groups in total. The Morgan fingerprint density at radius 1 is 1.25 bits per heavy atom. The van der Waals surface area contributed by atoms with Crippen molar-refractivity contribution in [3.8, 4) is 5.75 Å². The fraction of sp³-hybridized carbons (Fsp3) is 0.0833. The number of hydrogen-bond acceptors (Lipinski definition) is 4. The first-order valence-corrected chi connectivity index (χ1v) is 4.57. The summed E-state index contributed by atoms with van der Waals surface area (Å²) in [6, 6.07) is 6.20. The topological polar surface area (TPSA) is 52.6 Å². The molecule has 0 aliphatic rings. The first-order chi connectivity index (χ1) is 8.94. The minimum atomic E-state index is -2.66. The third-order valence-electron chi connectivity index (χ3n) is 2.39. The highest BCUT2D eigenvalue weighted by atomic mass is 16.5. The summed E-state index contributed by atoms with van der Waals surface area (Å²) in [5, 5.41) is 1.23. The predicted octanol–water partition coefficient (Wildman–Crippen LogP) is 2.55. The fourth-order valence-electron chi connectivity index (χ4n) is 1.70. The van der Waals surface area contributed by atoms with Crippen molar-refractivity contribution in [3.63, 3.8) is 0 Å². The molecule has 1 aromatic carbocycles. The van der Waals surface area contributed by atoms with Crippen LogP contribution in [0.15, 0.2) is 44.2 Å². The maximum absolute atomic E-state index is 11.3. The zero-order valence-corrected chi connectivity index (χ0v) is 8.02. The van der Waals surface area contributed by atoms with E-state index in [0.29, 0.717) is 10.8 Å². The van der Waals surface area contributed by atoms with E-state index < -0.39 is 12.7 Å². The molecular formula is C12H8O4. The van der Waals surface area contributed by atoms with E-state index in [9.17, 15) is 4.79 Å². The lowest BCUT2D eigenvalue weighted by Crippen LogP contribution is -1.96. The summed E-state index contributed by atoms with van der Waals surface area (Å²) in [6.07, 6.45) is 1.41. The van der Waals surface area contributed by atoms with E-state index >= 15 is 0 Å². The molecule has 0 radical (unpaired) electrons. The molecule has 4 nitrogen and oxygen atoms in total. The molecule has 2 heterocycles. The molecule has 0 atom stereocenters. The second-order valence-corrected chi connectivity index (χ2v) is 3.32. The SMILES string of the molecule is [2H]C([2H])([2H])Oc1c2occc2cc2ccc(=O)oc12. The highest BCUT2D eigenvalue weighted by Crippen LogP contribution is 2.34. The van der Waals surface area contributed by atoms with Gasteiger partial charge >= 0.3 is 5.63 Å². The number of benzene rings is 1. The van der Waals surface area contributed by atoms with E-state index in [-0.39, 0.29) is 16.9 Å². The molecule has 0 amide bonds. The Balaban J connectivity index is 2.42. The molecule has 0 unspecified atom stereocenters. The van der Waals surface area contributed by atoms with E-state index in [4.69, 9.17) is 17.7 Å². The Morgan fingerprint density at radius 2 is 2.12 bits per heavy atom. The third-order valence-corrected chi connectivity index (χ3v) is 2.39. The first kappa shape index (κ1) is 6.37. The summed E-state index contributed by atoms with van der Waals surface area (Å²) in [4.78, 5) is 11.3. The highest BCUT2D eigenvalue weighted by Gasteiger charge is 2.12. The number of fused-ring (bicyclic) bond motifs is 2. The van der Waals surface area contributed by atoms with Crippen molar-refractivity contribution in [1.82, 2.24) is 0 Å². The minimum Gasteiger partial charge on any atom is -0.490 e. The summed E-state index contributed by atoms with van der Waals surface area (Å²) in [5.74, 6) is -0.0878. The molecule has 0 aliphatic heterocycles. The average molecular weight is 219 g/mol. The molecule has 0 fully saturated rings. The Kier molecular flexibility index (Phi) is 1.25. The molecule has 0 aliphatic carbocycles. The molecule has 16 heavy (non-hydrogen) atoms. The van der Waals surface area contributed by atoms with Gasteiger partial charge in [-0.25, -0.2) is 4.79 Å². The molecule has 0 spiro atoms. The molecule has 80 valence electrons. The summed E-state index contributed by atoms with van der Waals surface area (Å²) in [5.41, 5.74) is -0.294. The zero-order chi connectivity index (χ0) is 13.6. The van der Waals surface area contributed by atoms with Crippen molar-refractivity contribution in [2.45, 2.75) is 0 Å². The van der Waals surface area contributed by atoms with Crippen LogP contribution in [0.2, 0.25) is 0 Å². The quantitative estimate of drug-likeness (QED) is 0.590. The van der Waals surface area contributed by atoms with Gasteiger partial charge in [-0.1, -0.05) is 0 Å². The maximum Gasteiger partial charge on any atom is 0.336 e. The van der Waals surface area contributed by atoms with Gasteiger partial charge in [-0.15, -0.1) is 0 Å². The van der Waals surface area contributed by atoms with Crippen LogP contribution in [0.3, 0.4) is 0 Å². The van der Waals surface area contributed by atoms with Gasteiger partial charge in [0.1, 0.15) is 0 Å². The summed E-state index contributed by atoms with van der Waals surface area (Å²) in [6.45, 7) is 0. The maximum atomic E-state index is 11.3.